The summed E-state index contributed by atoms with van der Waals surface area (Å²) < 4.78 is 25.5. The quantitative estimate of drug-likeness (QED) is 0.788. The molecule has 1 fully saturated rings. The van der Waals surface area contributed by atoms with Gasteiger partial charge in [-0.05, 0) is 32.0 Å². The fourth-order valence-electron chi connectivity index (χ4n) is 1.25. The fourth-order valence-corrected chi connectivity index (χ4v) is 2.09. The maximum atomic E-state index is 11.6. The standard InChI is InChI=1S/C9H13N3O2S/c1-10-15(13,14)8-3-2-6-11-9(8)12-7-4-5-7/h2-3,6-7,10H,4-5H2,1H3,(H,11,12). The highest BCUT2D eigenvalue weighted by atomic mass is 32.2. The van der Waals surface area contributed by atoms with Crippen LogP contribution in [0.15, 0.2) is 23.2 Å². The Labute approximate surface area is 89.0 Å². The van der Waals surface area contributed by atoms with E-state index in [-0.39, 0.29) is 4.90 Å². The highest BCUT2D eigenvalue weighted by molar-refractivity contribution is 7.89. The molecule has 0 atom stereocenters. The third-order valence-electron chi connectivity index (χ3n) is 2.25. The lowest BCUT2D eigenvalue weighted by atomic mass is 10.4. The number of aromatic nitrogens is 1. The van der Waals surface area contributed by atoms with E-state index in [4.69, 9.17) is 0 Å². The third-order valence-corrected chi connectivity index (χ3v) is 3.69. The second kappa shape index (κ2) is 3.79. The van der Waals surface area contributed by atoms with E-state index in [1.165, 1.54) is 7.05 Å². The van der Waals surface area contributed by atoms with Gasteiger partial charge in [-0.25, -0.2) is 18.1 Å². The van der Waals surface area contributed by atoms with Gasteiger partial charge < -0.3 is 5.32 Å². The lowest BCUT2D eigenvalue weighted by Gasteiger charge is -2.09. The molecule has 1 heterocycles. The number of rotatable bonds is 4. The molecule has 0 bridgehead atoms. The van der Waals surface area contributed by atoms with E-state index in [2.05, 4.69) is 15.0 Å². The van der Waals surface area contributed by atoms with E-state index in [9.17, 15) is 8.42 Å². The summed E-state index contributed by atoms with van der Waals surface area (Å²) in [6, 6.07) is 3.54. The number of hydrogen-bond acceptors (Lipinski definition) is 4. The molecule has 0 aliphatic heterocycles. The van der Waals surface area contributed by atoms with E-state index in [0.717, 1.165) is 12.8 Å². The molecule has 82 valence electrons. The highest BCUT2D eigenvalue weighted by Gasteiger charge is 2.25. The smallest absolute Gasteiger partial charge is 0.243 e. The Balaban J connectivity index is 2.36. The lowest BCUT2D eigenvalue weighted by Crippen LogP contribution is -2.21. The van der Waals surface area contributed by atoms with Crippen LogP contribution in [0.2, 0.25) is 0 Å². The van der Waals surface area contributed by atoms with Crippen LogP contribution in [0.5, 0.6) is 0 Å². The monoisotopic (exact) mass is 227 g/mol. The van der Waals surface area contributed by atoms with Crippen molar-refractivity contribution in [2.24, 2.45) is 0 Å². The lowest BCUT2D eigenvalue weighted by molar-refractivity contribution is 0.588. The van der Waals surface area contributed by atoms with Crippen LogP contribution >= 0.6 is 0 Å². The van der Waals surface area contributed by atoms with Crippen molar-refractivity contribution < 1.29 is 8.42 Å². The van der Waals surface area contributed by atoms with Crippen molar-refractivity contribution in [2.75, 3.05) is 12.4 Å². The van der Waals surface area contributed by atoms with Gasteiger partial charge in [0.2, 0.25) is 10.0 Å². The van der Waals surface area contributed by atoms with Crippen molar-refractivity contribution in [3.63, 3.8) is 0 Å². The van der Waals surface area contributed by atoms with Crippen LogP contribution in [-0.2, 0) is 10.0 Å². The third kappa shape index (κ3) is 2.27. The van der Waals surface area contributed by atoms with Crippen LogP contribution in [0.3, 0.4) is 0 Å². The molecular formula is C9H13N3O2S. The zero-order valence-electron chi connectivity index (χ0n) is 8.40. The topological polar surface area (TPSA) is 71.1 Å². The number of pyridine rings is 1. The summed E-state index contributed by atoms with van der Waals surface area (Å²) >= 11 is 0. The Morgan fingerprint density at radius 1 is 1.47 bits per heavy atom. The van der Waals surface area contributed by atoms with E-state index in [0.29, 0.717) is 11.9 Å². The Kier molecular flexibility index (Phi) is 2.62. The van der Waals surface area contributed by atoms with Crippen molar-refractivity contribution in [3.05, 3.63) is 18.3 Å². The van der Waals surface area contributed by atoms with Crippen molar-refractivity contribution in [1.82, 2.24) is 9.71 Å². The normalized spacial score (nSPS) is 16.3. The Hall–Kier alpha value is -1.14. The van der Waals surface area contributed by atoms with Gasteiger partial charge in [-0.1, -0.05) is 0 Å². The van der Waals surface area contributed by atoms with Gasteiger partial charge in [0.15, 0.2) is 0 Å². The molecule has 0 radical (unpaired) electrons. The molecule has 0 unspecified atom stereocenters. The van der Waals surface area contributed by atoms with E-state index in [1.807, 2.05) is 0 Å². The number of nitrogens with one attached hydrogen (secondary N) is 2. The van der Waals surface area contributed by atoms with Gasteiger partial charge in [0.25, 0.3) is 0 Å². The van der Waals surface area contributed by atoms with Crippen LogP contribution in [0.25, 0.3) is 0 Å². The number of sulfonamides is 1. The summed E-state index contributed by atoms with van der Waals surface area (Å²) in [7, 11) is -2.03. The first-order chi connectivity index (χ1) is 7.13. The summed E-state index contributed by atoms with van der Waals surface area (Å²) in [5, 5.41) is 3.09. The molecule has 0 saturated heterocycles. The predicted octanol–water partition coefficient (Wildman–Crippen LogP) is 0.564. The molecule has 0 aromatic carbocycles. The Morgan fingerprint density at radius 3 is 2.80 bits per heavy atom. The van der Waals surface area contributed by atoms with Crippen LogP contribution in [0, 0.1) is 0 Å². The van der Waals surface area contributed by atoms with Crippen molar-refractivity contribution >= 4 is 15.8 Å². The van der Waals surface area contributed by atoms with Crippen molar-refractivity contribution in [3.8, 4) is 0 Å². The average molecular weight is 227 g/mol. The zero-order valence-corrected chi connectivity index (χ0v) is 9.21. The summed E-state index contributed by atoms with van der Waals surface area (Å²) in [5.41, 5.74) is 0. The molecule has 0 amide bonds. The first kappa shape index (κ1) is 10.4. The summed E-state index contributed by atoms with van der Waals surface area (Å²) in [6.45, 7) is 0. The second-order valence-corrected chi connectivity index (χ2v) is 5.33. The van der Waals surface area contributed by atoms with Crippen molar-refractivity contribution in [1.29, 1.82) is 0 Å². The number of anilines is 1. The van der Waals surface area contributed by atoms with E-state index in [1.54, 1.807) is 18.3 Å². The Bertz CT molecular complexity index is 454. The molecule has 2 N–H and O–H groups in total. The fraction of sp³-hybridized carbons (Fsp3) is 0.444. The summed E-state index contributed by atoms with van der Waals surface area (Å²) in [5.74, 6) is 0.439. The zero-order chi connectivity index (χ0) is 10.9. The first-order valence-electron chi connectivity index (χ1n) is 4.78. The molecular weight excluding hydrogens is 214 g/mol. The van der Waals surface area contributed by atoms with Crippen molar-refractivity contribution in [2.45, 2.75) is 23.8 Å². The SMILES string of the molecule is CNS(=O)(=O)c1cccnc1NC1CC1. The molecule has 0 spiro atoms. The second-order valence-electron chi connectivity index (χ2n) is 3.48. The van der Waals surface area contributed by atoms with Crippen LogP contribution in [0.1, 0.15) is 12.8 Å². The van der Waals surface area contributed by atoms with Crippen LogP contribution in [-0.4, -0.2) is 26.5 Å². The van der Waals surface area contributed by atoms with E-state index >= 15 is 0 Å². The molecule has 1 saturated carbocycles. The minimum atomic E-state index is -3.42. The van der Waals surface area contributed by atoms with Gasteiger partial charge in [0.05, 0.1) is 0 Å². The molecule has 1 aliphatic rings. The number of nitrogens with zero attached hydrogens (tertiary/aromatic N) is 1. The van der Waals surface area contributed by atoms with Gasteiger partial charge in [0.1, 0.15) is 10.7 Å². The highest BCUT2D eigenvalue weighted by Crippen LogP contribution is 2.26. The molecule has 6 heteroatoms. The van der Waals surface area contributed by atoms with Gasteiger partial charge in [-0.2, -0.15) is 0 Å². The van der Waals surface area contributed by atoms with Gasteiger partial charge in [-0.3, -0.25) is 0 Å². The maximum Gasteiger partial charge on any atom is 0.243 e. The van der Waals surface area contributed by atoms with Gasteiger partial charge in [-0.15, -0.1) is 0 Å². The Morgan fingerprint density at radius 2 is 2.20 bits per heavy atom. The van der Waals surface area contributed by atoms with Gasteiger partial charge >= 0.3 is 0 Å². The minimum Gasteiger partial charge on any atom is -0.366 e. The first-order valence-corrected chi connectivity index (χ1v) is 6.27. The maximum absolute atomic E-state index is 11.6. The average Bonchev–Trinajstić information content (AvgIpc) is 3.02. The van der Waals surface area contributed by atoms with Crippen LogP contribution < -0.4 is 10.0 Å². The number of hydrogen-bond donors (Lipinski definition) is 2. The van der Waals surface area contributed by atoms with Gasteiger partial charge in [0, 0.05) is 12.2 Å². The largest absolute Gasteiger partial charge is 0.366 e. The molecule has 1 aromatic rings. The van der Waals surface area contributed by atoms with Crippen LogP contribution in [0.4, 0.5) is 5.82 Å². The molecule has 2 rings (SSSR count). The summed E-state index contributed by atoms with van der Waals surface area (Å²) in [4.78, 5) is 4.25. The summed E-state index contributed by atoms with van der Waals surface area (Å²) in [6.07, 6.45) is 3.74. The molecule has 15 heavy (non-hydrogen) atoms. The molecule has 1 aliphatic carbocycles. The predicted molar refractivity (Wildman–Crippen MR) is 57.1 cm³/mol. The minimum absolute atomic E-state index is 0.208. The molecule has 1 aromatic heterocycles. The molecule has 5 nitrogen and oxygen atoms in total. The van der Waals surface area contributed by atoms with E-state index < -0.39 is 10.0 Å².